The first-order valence-corrected chi connectivity index (χ1v) is 11.7. The molecule has 5 rings (SSSR count). The number of amides is 1. The summed E-state index contributed by atoms with van der Waals surface area (Å²) in [4.78, 5) is 28.7. The van der Waals surface area contributed by atoms with Gasteiger partial charge in [-0.25, -0.2) is 4.98 Å². The summed E-state index contributed by atoms with van der Waals surface area (Å²) in [5, 5.41) is 0. The molecule has 2 fully saturated rings. The summed E-state index contributed by atoms with van der Waals surface area (Å²) in [7, 11) is 0. The average Bonchev–Trinajstić information content (AvgIpc) is 2.90. The van der Waals surface area contributed by atoms with E-state index in [0.717, 1.165) is 49.4 Å². The third kappa shape index (κ3) is 5.08. The van der Waals surface area contributed by atoms with Crippen molar-refractivity contribution in [2.45, 2.75) is 19.3 Å². The Hall–Kier alpha value is -3.61. The van der Waals surface area contributed by atoms with Gasteiger partial charge in [0.05, 0.1) is 0 Å². The van der Waals surface area contributed by atoms with Crippen LogP contribution in [0.25, 0.3) is 0 Å². The molecule has 3 heterocycles. The Morgan fingerprint density at radius 3 is 2.15 bits per heavy atom. The molecular weight excluding hydrogens is 414 g/mol. The molecule has 2 saturated heterocycles. The fraction of sp³-hybridized carbons (Fsp3) is 0.346. The van der Waals surface area contributed by atoms with Gasteiger partial charge in [0.1, 0.15) is 17.3 Å². The van der Waals surface area contributed by atoms with Crippen LogP contribution in [-0.4, -0.2) is 60.0 Å². The first-order valence-electron chi connectivity index (χ1n) is 11.7. The van der Waals surface area contributed by atoms with Gasteiger partial charge in [0.2, 0.25) is 5.95 Å². The highest BCUT2D eigenvalue weighted by molar-refractivity contribution is 5.94. The molecule has 0 atom stereocenters. The maximum Gasteiger partial charge on any atom is 0.253 e. The lowest BCUT2D eigenvalue weighted by Gasteiger charge is -2.36. The Morgan fingerprint density at radius 1 is 0.727 bits per heavy atom. The Bertz CT molecular complexity index is 1060. The number of hydrogen-bond donors (Lipinski definition) is 0. The zero-order valence-electron chi connectivity index (χ0n) is 18.8. The standard InChI is InChI=1S/C26H29N5O2/c32-25(21-9-11-23(12-10-21)33-22-7-3-1-4-8-22)30-19-17-29(18-20-30)24-13-14-27-26(28-24)31-15-5-2-6-16-31/h1,3-4,7-14H,2,5-6,15-20H2. The molecule has 1 aromatic heterocycles. The van der Waals surface area contributed by atoms with Gasteiger partial charge in [-0.05, 0) is 61.7 Å². The van der Waals surface area contributed by atoms with Gasteiger partial charge in [-0.2, -0.15) is 4.98 Å². The number of rotatable bonds is 5. The van der Waals surface area contributed by atoms with Gasteiger partial charge in [-0.3, -0.25) is 4.79 Å². The molecule has 3 aromatic rings. The molecule has 0 bridgehead atoms. The van der Waals surface area contributed by atoms with Crippen LogP contribution in [0.15, 0.2) is 66.9 Å². The fourth-order valence-electron chi connectivity index (χ4n) is 4.37. The van der Waals surface area contributed by atoms with Crippen molar-refractivity contribution < 1.29 is 9.53 Å². The van der Waals surface area contributed by atoms with Crippen LogP contribution in [0.1, 0.15) is 29.6 Å². The van der Waals surface area contributed by atoms with E-state index in [0.29, 0.717) is 18.7 Å². The maximum absolute atomic E-state index is 13.0. The van der Waals surface area contributed by atoms with Crippen molar-refractivity contribution in [3.05, 3.63) is 72.4 Å². The maximum atomic E-state index is 13.0. The Kier molecular flexibility index (Phi) is 6.37. The molecule has 0 N–H and O–H groups in total. The van der Waals surface area contributed by atoms with Gasteiger partial charge in [0.15, 0.2) is 0 Å². The van der Waals surface area contributed by atoms with E-state index in [4.69, 9.17) is 9.72 Å². The van der Waals surface area contributed by atoms with Crippen molar-refractivity contribution in [2.24, 2.45) is 0 Å². The number of anilines is 2. The zero-order chi connectivity index (χ0) is 22.5. The normalized spacial score (nSPS) is 16.5. The summed E-state index contributed by atoms with van der Waals surface area (Å²) < 4.78 is 5.83. The lowest BCUT2D eigenvalue weighted by atomic mass is 10.1. The minimum absolute atomic E-state index is 0.0533. The summed E-state index contributed by atoms with van der Waals surface area (Å²) in [6.07, 6.45) is 5.54. The van der Waals surface area contributed by atoms with Gasteiger partial charge in [0, 0.05) is 51.0 Å². The molecule has 0 saturated carbocycles. The van der Waals surface area contributed by atoms with Gasteiger partial charge < -0.3 is 19.4 Å². The first kappa shape index (κ1) is 21.2. The molecule has 33 heavy (non-hydrogen) atoms. The summed E-state index contributed by atoms with van der Waals surface area (Å²) in [6.45, 7) is 4.92. The van der Waals surface area contributed by atoms with Crippen LogP contribution in [0.2, 0.25) is 0 Å². The quantitative estimate of drug-likeness (QED) is 0.588. The number of carbonyl (C=O) groups is 1. The Balaban J connectivity index is 1.17. The molecule has 170 valence electrons. The molecule has 2 aromatic carbocycles. The van der Waals surface area contributed by atoms with Gasteiger partial charge in [0.25, 0.3) is 5.91 Å². The average molecular weight is 444 g/mol. The van der Waals surface area contributed by atoms with Crippen LogP contribution in [-0.2, 0) is 0 Å². The van der Waals surface area contributed by atoms with Crippen LogP contribution >= 0.6 is 0 Å². The predicted molar refractivity (Wildman–Crippen MR) is 129 cm³/mol. The van der Waals surface area contributed by atoms with E-state index in [1.807, 2.05) is 71.8 Å². The summed E-state index contributed by atoms with van der Waals surface area (Å²) in [5.41, 5.74) is 0.679. The molecule has 7 nitrogen and oxygen atoms in total. The van der Waals surface area contributed by atoms with E-state index in [1.165, 1.54) is 19.3 Å². The molecule has 0 spiro atoms. The first-order chi connectivity index (χ1) is 16.3. The van der Waals surface area contributed by atoms with Gasteiger partial charge in [-0.15, -0.1) is 0 Å². The van der Waals surface area contributed by atoms with Crippen LogP contribution in [0.5, 0.6) is 11.5 Å². The number of benzene rings is 2. The topological polar surface area (TPSA) is 61.8 Å². The van der Waals surface area contributed by atoms with Crippen LogP contribution in [0.4, 0.5) is 11.8 Å². The largest absolute Gasteiger partial charge is 0.457 e. The van der Waals surface area contributed by atoms with E-state index in [1.54, 1.807) is 0 Å². The molecule has 2 aliphatic rings. The van der Waals surface area contributed by atoms with Crippen molar-refractivity contribution in [1.82, 2.24) is 14.9 Å². The molecule has 0 radical (unpaired) electrons. The Morgan fingerprint density at radius 2 is 1.42 bits per heavy atom. The van der Waals surface area contributed by atoms with Crippen LogP contribution < -0.4 is 14.5 Å². The third-order valence-electron chi connectivity index (χ3n) is 6.24. The lowest BCUT2D eigenvalue weighted by molar-refractivity contribution is 0.0746. The van der Waals surface area contributed by atoms with Crippen molar-refractivity contribution >= 4 is 17.7 Å². The van der Waals surface area contributed by atoms with Crippen molar-refractivity contribution in [3.8, 4) is 11.5 Å². The molecule has 0 unspecified atom stereocenters. The third-order valence-corrected chi connectivity index (χ3v) is 6.24. The molecule has 7 heteroatoms. The van der Waals surface area contributed by atoms with Crippen LogP contribution in [0.3, 0.4) is 0 Å². The highest BCUT2D eigenvalue weighted by atomic mass is 16.5. The molecule has 2 aliphatic heterocycles. The number of para-hydroxylation sites is 1. The summed E-state index contributed by atoms with van der Waals surface area (Å²) in [5.74, 6) is 3.32. The van der Waals surface area contributed by atoms with Crippen LogP contribution in [0, 0.1) is 0 Å². The molecule has 0 aliphatic carbocycles. The number of aromatic nitrogens is 2. The van der Waals surface area contributed by atoms with Gasteiger partial charge >= 0.3 is 0 Å². The van der Waals surface area contributed by atoms with E-state index in [-0.39, 0.29) is 5.91 Å². The number of ether oxygens (including phenoxy) is 1. The number of piperidine rings is 1. The smallest absolute Gasteiger partial charge is 0.253 e. The van der Waals surface area contributed by atoms with Gasteiger partial charge in [-0.1, -0.05) is 18.2 Å². The molecular formula is C26H29N5O2. The summed E-state index contributed by atoms with van der Waals surface area (Å²) in [6, 6.07) is 19.0. The predicted octanol–water partition coefficient (Wildman–Crippen LogP) is 4.22. The second-order valence-electron chi connectivity index (χ2n) is 8.48. The highest BCUT2D eigenvalue weighted by Crippen LogP contribution is 2.23. The number of carbonyl (C=O) groups excluding carboxylic acids is 1. The monoisotopic (exact) mass is 443 g/mol. The Labute approximate surface area is 194 Å². The van der Waals surface area contributed by atoms with E-state index in [9.17, 15) is 4.79 Å². The summed E-state index contributed by atoms with van der Waals surface area (Å²) >= 11 is 0. The number of hydrogen-bond acceptors (Lipinski definition) is 6. The van der Waals surface area contributed by atoms with E-state index in [2.05, 4.69) is 14.8 Å². The molecule has 1 amide bonds. The van der Waals surface area contributed by atoms with Crippen molar-refractivity contribution in [2.75, 3.05) is 49.1 Å². The lowest BCUT2D eigenvalue weighted by Crippen LogP contribution is -2.49. The minimum Gasteiger partial charge on any atom is -0.457 e. The fourth-order valence-corrected chi connectivity index (χ4v) is 4.37. The van der Waals surface area contributed by atoms with E-state index >= 15 is 0 Å². The van der Waals surface area contributed by atoms with Crippen molar-refractivity contribution in [3.63, 3.8) is 0 Å². The van der Waals surface area contributed by atoms with Crippen molar-refractivity contribution in [1.29, 1.82) is 0 Å². The highest BCUT2D eigenvalue weighted by Gasteiger charge is 2.24. The second kappa shape index (κ2) is 9.90. The SMILES string of the molecule is O=C(c1ccc(Oc2ccccc2)cc1)N1CCN(c2ccnc(N3CCCCC3)n2)CC1. The number of piperazine rings is 1. The van der Waals surface area contributed by atoms with E-state index < -0.39 is 0 Å². The zero-order valence-corrected chi connectivity index (χ0v) is 18.8. The number of nitrogens with zero attached hydrogens (tertiary/aromatic N) is 5. The minimum atomic E-state index is 0.0533. The second-order valence-corrected chi connectivity index (χ2v) is 8.48.